The molecule has 0 spiro atoms. The van der Waals surface area contributed by atoms with E-state index in [4.69, 9.17) is 21.1 Å². The lowest BCUT2D eigenvalue weighted by atomic mass is 10.2. The fourth-order valence-electron chi connectivity index (χ4n) is 2.58. The maximum atomic E-state index is 11.8. The van der Waals surface area contributed by atoms with Gasteiger partial charge in [0.25, 0.3) is 5.91 Å². The number of nitrogens with one attached hydrogen (secondary N) is 1. The van der Waals surface area contributed by atoms with Crippen molar-refractivity contribution < 1.29 is 14.3 Å². The molecule has 2 aromatic carbocycles. The summed E-state index contributed by atoms with van der Waals surface area (Å²) in [6.45, 7) is 1.31. The van der Waals surface area contributed by atoms with Crippen LogP contribution >= 0.6 is 11.6 Å². The van der Waals surface area contributed by atoms with Crippen LogP contribution in [0.2, 0.25) is 5.02 Å². The van der Waals surface area contributed by atoms with E-state index in [9.17, 15) is 4.79 Å². The van der Waals surface area contributed by atoms with E-state index in [0.717, 1.165) is 30.7 Å². The molecule has 0 saturated carbocycles. The zero-order valence-electron chi connectivity index (χ0n) is 14.4. The smallest absolute Gasteiger partial charge is 0.258 e. The van der Waals surface area contributed by atoms with Gasteiger partial charge >= 0.3 is 0 Å². The van der Waals surface area contributed by atoms with Gasteiger partial charge in [-0.25, -0.2) is 0 Å². The third-order valence-electron chi connectivity index (χ3n) is 4.01. The second-order valence-corrected chi connectivity index (χ2v) is 6.41. The molecule has 1 aliphatic heterocycles. The molecular weight excluding hydrogens is 352 g/mol. The van der Waals surface area contributed by atoms with Crippen LogP contribution in [0.1, 0.15) is 18.4 Å². The van der Waals surface area contributed by atoms with Crippen molar-refractivity contribution in [2.75, 3.05) is 19.8 Å². The molecule has 0 aliphatic carbocycles. The van der Waals surface area contributed by atoms with Gasteiger partial charge in [-0.2, -0.15) is 0 Å². The van der Waals surface area contributed by atoms with Crippen LogP contribution in [0.25, 0.3) is 0 Å². The predicted octanol–water partition coefficient (Wildman–Crippen LogP) is 3.76. The van der Waals surface area contributed by atoms with Gasteiger partial charge in [0.1, 0.15) is 5.75 Å². The Kier molecular flexibility index (Phi) is 6.63. The molecule has 1 heterocycles. The van der Waals surface area contributed by atoms with Crippen LogP contribution in [0.4, 0.5) is 5.69 Å². The first-order valence-corrected chi connectivity index (χ1v) is 8.98. The average molecular weight is 373 g/mol. The van der Waals surface area contributed by atoms with E-state index >= 15 is 0 Å². The molecule has 1 amide bonds. The third kappa shape index (κ3) is 5.58. The van der Waals surface area contributed by atoms with Crippen molar-refractivity contribution >= 4 is 29.4 Å². The molecule has 1 N–H and O–H groups in total. The van der Waals surface area contributed by atoms with Crippen LogP contribution in [-0.2, 0) is 9.53 Å². The van der Waals surface area contributed by atoms with Gasteiger partial charge in [0.15, 0.2) is 6.61 Å². The number of carbonyl (C=O) groups is 1. The average Bonchev–Trinajstić information content (AvgIpc) is 3.18. The van der Waals surface area contributed by atoms with E-state index in [2.05, 4.69) is 10.3 Å². The van der Waals surface area contributed by atoms with E-state index in [-0.39, 0.29) is 18.6 Å². The van der Waals surface area contributed by atoms with E-state index in [1.165, 1.54) is 0 Å². The van der Waals surface area contributed by atoms with Crippen molar-refractivity contribution in [3.63, 3.8) is 0 Å². The highest BCUT2D eigenvalue weighted by Crippen LogP contribution is 2.23. The highest BCUT2D eigenvalue weighted by atomic mass is 35.5. The third-order valence-corrected chi connectivity index (χ3v) is 4.33. The number of amides is 1. The van der Waals surface area contributed by atoms with Gasteiger partial charge < -0.3 is 14.8 Å². The number of halogens is 1. The lowest BCUT2D eigenvalue weighted by Crippen LogP contribution is -2.35. The molecule has 1 atom stereocenters. The van der Waals surface area contributed by atoms with Gasteiger partial charge in [-0.3, -0.25) is 9.79 Å². The minimum atomic E-state index is -0.148. The Balaban J connectivity index is 1.45. The molecule has 0 aromatic heterocycles. The van der Waals surface area contributed by atoms with Crippen LogP contribution in [0.5, 0.6) is 5.75 Å². The summed E-state index contributed by atoms with van der Waals surface area (Å²) in [6, 6.07) is 14.8. The molecule has 1 aliphatic rings. The van der Waals surface area contributed by atoms with E-state index < -0.39 is 0 Å². The lowest BCUT2D eigenvalue weighted by molar-refractivity contribution is -0.123. The maximum absolute atomic E-state index is 11.8. The minimum absolute atomic E-state index is 0.0141. The van der Waals surface area contributed by atoms with E-state index in [1.807, 2.05) is 30.3 Å². The standard InChI is InChI=1S/C20H21ClN2O3/c21-18-5-1-2-6-19(18)22-12-15-7-9-16(10-8-15)26-14-20(24)23-13-17-4-3-11-25-17/h1-2,5-10,12,17H,3-4,11,13-14H2,(H,23,24)/t17-/m1/s1. The molecule has 26 heavy (non-hydrogen) atoms. The Morgan fingerprint density at radius 2 is 2.08 bits per heavy atom. The van der Waals surface area contributed by atoms with Crippen molar-refractivity contribution in [3.8, 4) is 5.75 Å². The van der Waals surface area contributed by atoms with E-state index in [0.29, 0.717) is 17.3 Å². The number of benzene rings is 2. The van der Waals surface area contributed by atoms with Crippen molar-refractivity contribution in [2.24, 2.45) is 4.99 Å². The maximum Gasteiger partial charge on any atom is 0.258 e. The second kappa shape index (κ2) is 9.36. The minimum Gasteiger partial charge on any atom is -0.484 e. The van der Waals surface area contributed by atoms with E-state index in [1.54, 1.807) is 24.4 Å². The molecule has 5 nitrogen and oxygen atoms in total. The normalized spacial score (nSPS) is 16.7. The van der Waals surface area contributed by atoms with Gasteiger partial charge in [0, 0.05) is 19.4 Å². The second-order valence-electron chi connectivity index (χ2n) is 6.01. The van der Waals surface area contributed by atoms with Crippen LogP contribution in [0, 0.1) is 0 Å². The number of aliphatic imine (C=N–C) groups is 1. The zero-order chi connectivity index (χ0) is 18.2. The quantitative estimate of drug-likeness (QED) is 0.753. The van der Waals surface area contributed by atoms with Gasteiger partial charge in [-0.1, -0.05) is 23.7 Å². The van der Waals surface area contributed by atoms with Crippen molar-refractivity contribution in [2.45, 2.75) is 18.9 Å². The van der Waals surface area contributed by atoms with Gasteiger partial charge in [-0.15, -0.1) is 0 Å². The Morgan fingerprint density at radius 3 is 2.81 bits per heavy atom. The Bertz CT molecular complexity index is 756. The molecule has 0 radical (unpaired) electrons. The summed E-state index contributed by atoms with van der Waals surface area (Å²) in [6.07, 6.45) is 3.93. The number of hydrogen-bond donors (Lipinski definition) is 1. The number of rotatable bonds is 7. The lowest BCUT2D eigenvalue weighted by Gasteiger charge is -2.11. The van der Waals surface area contributed by atoms with Crippen molar-refractivity contribution in [1.82, 2.24) is 5.32 Å². The highest BCUT2D eigenvalue weighted by molar-refractivity contribution is 6.33. The summed E-state index contributed by atoms with van der Waals surface area (Å²) in [5.74, 6) is 0.483. The molecule has 2 aromatic rings. The number of ether oxygens (including phenoxy) is 2. The molecule has 3 rings (SSSR count). The number of hydrogen-bond acceptors (Lipinski definition) is 4. The number of nitrogens with zero attached hydrogens (tertiary/aromatic N) is 1. The fraction of sp³-hybridized carbons (Fsp3) is 0.300. The van der Waals surface area contributed by atoms with Gasteiger partial charge in [-0.05, 0) is 54.8 Å². The summed E-state index contributed by atoms with van der Waals surface area (Å²) >= 11 is 6.07. The molecule has 1 fully saturated rings. The Hall–Kier alpha value is -2.37. The topological polar surface area (TPSA) is 59.9 Å². The summed E-state index contributed by atoms with van der Waals surface area (Å²) in [5, 5.41) is 3.44. The summed E-state index contributed by atoms with van der Waals surface area (Å²) < 4.78 is 11.0. The van der Waals surface area contributed by atoms with Crippen molar-refractivity contribution in [1.29, 1.82) is 0 Å². The zero-order valence-corrected chi connectivity index (χ0v) is 15.1. The number of para-hydroxylation sites is 1. The van der Waals surface area contributed by atoms with Crippen molar-refractivity contribution in [3.05, 3.63) is 59.1 Å². The van der Waals surface area contributed by atoms with Crippen LogP contribution in [-0.4, -0.2) is 38.0 Å². The van der Waals surface area contributed by atoms with Gasteiger partial charge in [0.05, 0.1) is 16.8 Å². The SMILES string of the molecule is O=C(COc1ccc(C=Nc2ccccc2Cl)cc1)NC[C@H]1CCCO1. The highest BCUT2D eigenvalue weighted by Gasteiger charge is 2.16. The number of carbonyl (C=O) groups excluding carboxylic acids is 1. The molecule has 136 valence electrons. The fourth-order valence-corrected chi connectivity index (χ4v) is 2.77. The first kappa shape index (κ1) is 18.4. The molecule has 1 saturated heterocycles. The van der Waals surface area contributed by atoms with Gasteiger partial charge in [0.2, 0.25) is 0 Å². The molecule has 6 heteroatoms. The Morgan fingerprint density at radius 1 is 1.27 bits per heavy atom. The predicted molar refractivity (Wildman–Crippen MR) is 103 cm³/mol. The molecule has 0 bridgehead atoms. The first-order valence-electron chi connectivity index (χ1n) is 8.60. The van der Waals surface area contributed by atoms with Crippen LogP contribution in [0.3, 0.4) is 0 Å². The summed E-state index contributed by atoms with van der Waals surface area (Å²) in [5.41, 5.74) is 1.64. The molecular formula is C20H21ClN2O3. The molecule has 0 unspecified atom stereocenters. The summed E-state index contributed by atoms with van der Waals surface area (Å²) in [7, 11) is 0. The van der Waals surface area contributed by atoms with Crippen LogP contribution in [0.15, 0.2) is 53.5 Å². The Labute approximate surface area is 158 Å². The first-order chi connectivity index (χ1) is 12.7. The summed E-state index contributed by atoms with van der Waals surface area (Å²) in [4.78, 5) is 16.2. The largest absolute Gasteiger partial charge is 0.484 e. The monoisotopic (exact) mass is 372 g/mol. The van der Waals surface area contributed by atoms with Crippen LogP contribution < -0.4 is 10.1 Å².